The zero-order chi connectivity index (χ0) is 14.8. The minimum absolute atomic E-state index is 0.157. The molecule has 19 heavy (non-hydrogen) atoms. The van der Waals surface area contributed by atoms with Gasteiger partial charge in [0.05, 0.1) is 19.8 Å². The van der Waals surface area contributed by atoms with Crippen molar-refractivity contribution in [3.8, 4) is 0 Å². The van der Waals surface area contributed by atoms with Gasteiger partial charge in [-0.2, -0.15) is 0 Å². The molecule has 0 aromatic heterocycles. The summed E-state index contributed by atoms with van der Waals surface area (Å²) < 4.78 is 9.56. The number of carbonyl (C=O) groups is 2. The average Bonchev–Trinajstić information content (AvgIpc) is 2.45. The molecule has 0 saturated carbocycles. The molecule has 0 radical (unpaired) electrons. The Kier molecular flexibility index (Phi) is 8.82. The second kappa shape index (κ2) is 9.52. The van der Waals surface area contributed by atoms with Gasteiger partial charge in [-0.15, -0.1) is 0 Å². The molecule has 1 aromatic rings. The molecule has 0 unspecified atom stereocenters. The van der Waals surface area contributed by atoms with Gasteiger partial charge in [-0.05, 0) is 33.6 Å². The van der Waals surface area contributed by atoms with Crippen LogP contribution in [0.5, 0.6) is 0 Å². The Morgan fingerprint density at radius 2 is 1.89 bits per heavy atom. The summed E-state index contributed by atoms with van der Waals surface area (Å²) in [6, 6.07) is 5.31. The third-order valence-corrected chi connectivity index (χ3v) is 2.85. The van der Waals surface area contributed by atoms with E-state index in [1.807, 2.05) is 6.07 Å². The van der Waals surface area contributed by atoms with Gasteiger partial charge in [-0.25, -0.2) is 4.79 Å². The van der Waals surface area contributed by atoms with Crippen LogP contribution in [0.4, 0.5) is 0 Å². The first-order valence-electron chi connectivity index (χ1n) is 5.63. The van der Waals surface area contributed by atoms with Gasteiger partial charge in [-0.1, -0.05) is 13.0 Å². The van der Waals surface area contributed by atoms with Crippen LogP contribution in [0.25, 0.3) is 0 Å². The van der Waals surface area contributed by atoms with Gasteiger partial charge < -0.3 is 15.2 Å². The van der Waals surface area contributed by atoms with Crippen molar-refractivity contribution in [3.63, 3.8) is 0 Å². The smallest absolute Gasteiger partial charge is 0.338 e. The molecule has 0 heterocycles. The molecule has 0 aliphatic heterocycles. The van der Waals surface area contributed by atoms with Crippen molar-refractivity contribution in [2.45, 2.75) is 19.9 Å². The van der Waals surface area contributed by atoms with E-state index < -0.39 is 0 Å². The van der Waals surface area contributed by atoms with E-state index in [1.165, 1.54) is 14.2 Å². The van der Waals surface area contributed by atoms with Crippen LogP contribution in [0.15, 0.2) is 22.7 Å². The minimum Gasteiger partial charge on any atom is -0.469 e. The van der Waals surface area contributed by atoms with Gasteiger partial charge in [0.2, 0.25) is 0 Å². The van der Waals surface area contributed by atoms with E-state index in [9.17, 15) is 9.59 Å². The second-order valence-corrected chi connectivity index (χ2v) is 4.29. The second-order valence-electron chi connectivity index (χ2n) is 3.44. The zero-order valence-electron chi connectivity index (χ0n) is 11.2. The standard InChI is InChI=1S/C9H10BrNO2.C4H8O2/c1-13-9(12)7-3-2-6(5-11)4-8(7)10;1-3-4(5)6-2/h2-4H,5,11H2,1H3;3H2,1-2H3. The van der Waals surface area contributed by atoms with Crippen molar-refractivity contribution in [2.75, 3.05) is 14.2 Å². The Morgan fingerprint density at radius 3 is 2.21 bits per heavy atom. The first kappa shape index (κ1) is 17.6. The Morgan fingerprint density at radius 1 is 1.26 bits per heavy atom. The fraction of sp³-hybridized carbons (Fsp3) is 0.385. The van der Waals surface area contributed by atoms with E-state index in [2.05, 4.69) is 25.4 Å². The normalized spacial score (nSPS) is 9.11. The molecular weight excluding hydrogens is 314 g/mol. The molecule has 0 spiro atoms. The van der Waals surface area contributed by atoms with E-state index in [0.29, 0.717) is 23.0 Å². The number of esters is 2. The minimum atomic E-state index is -0.351. The maximum atomic E-state index is 11.2. The van der Waals surface area contributed by atoms with Crippen molar-refractivity contribution >= 4 is 27.9 Å². The molecule has 1 rings (SSSR count). The molecule has 0 atom stereocenters. The van der Waals surface area contributed by atoms with Crippen LogP contribution in [0.3, 0.4) is 0 Å². The number of halogens is 1. The van der Waals surface area contributed by atoms with E-state index in [1.54, 1.807) is 19.1 Å². The van der Waals surface area contributed by atoms with Gasteiger partial charge >= 0.3 is 11.9 Å². The van der Waals surface area contributed by atoms with Crippen LogP contribution in [-0.4, -0.2) is 26.2 Å². The molecule has 6 heteroatoms. The summed E-state index contributed by atoms with van der Waals surface area (Å²) in [5.41, 5.74) is 6.93. The number of benzene rings is 1. The van der Waals surface area contributed by atoms with Crippen LogP contribution in [-0.2, 0) is 20.8 Å². The van der Waals surface area contributed by atoms with Crippen LogP contribution in [0, 0.1) is 0 Å². The topological polar surface area (TPSA) is 78.6 Å². The summed E-state index contributed by atoms with van der Waals surface area (Å²) in [7, 11) is 2.73. The summed E-state index contributed by atoms with van der Waals surface area (Å²) in [5.74, 6) is -0.509. The zero-order valence-corrected chi connectivity index (χ0v) is 12.8. The van der Waals surface area contributed by atoms with E-state index in [4.69, 9.17) is 5.73 Å². The maximum absolute atomic E-state index is 11.2. The summed E-state index contributed by atoms with van der Waals surface area (Å²) in [5, 5.41) is 0. The maximum Gasteiger partial charge on any atom is 0.338 e. The highest BCUT2D eigenvalue weighted by Crippen LogP contribution is 2.19. The number of methoxy groups -OCH3 is 2. The highest BCUT2D eigenvalue weighted by molar-refractivity contribution is 9.10. The Bertz CT molecular complexity index is 429. The summed E-state index contributed by atoms with van der Waals surface area (Å²) in [6.07, 6.45) is 0.469. The highest BCUT2D eigenvalue weighted by atomic mass is 79.9. The Hall–Kier alpha value is -1.40. The van der Waals surface area contributed by atoms with E-state index in [0.717, 1.165) is 5.56 Å². The van der Waals surface area contributed by atoms with Gasteiger partial charge in [0, 0.05) is 17.4 Å². The summed E-state index contributed by atoms with van der Waals surface area (Å²) in [4.78, 5) is 21.1. The lowest BCUT2D eigenvalue weighted by Crippen LogP contribution is -2.03. The molecular formula is C13H18BrNO4. The molecule has 0 bridgehead atoms. The van der Waals surface area contributed by atoms with Crippen molar-refractivity contribution < 1.29 is 19.1 Å². The highest BCUT2D eigenvalue weighted by Gasteiger charge is 2.09. The Balaban J connectivity index is 0.000000459. The molecule has 1 aromatic carbocycles. The quantitative estimate of drug-likeness (QED) is 0.859. The Labute approximate surface area is 121 Å². The number of rotatable bonds is 3. The molecule has 0 saturated heterocycles. The molecule has 0 aliphatic rings. The van der Waals surface area contributed by atoms with E-state index in [-0.39, 0.29) is 11.9 Å². The van der Waals surface area contributed by atoms with Gasteiger partial charge in [0.25, 0.3) is 0 Å². The third-order valence-electron chi connectivity index (χ3n) is 2.19. The lowest BCUT2D eigenvalue weighted by atomic mass is 10.1. The fourth-order valence-electron chi connectivity index (χ4n) is 1.11. The SMILES string of the molecule is CCC(=O)OC.COC(=O)c1ccc(CN)cc1Br. The number of ether oxygens (including phenoxy) is 2. The lowest BCUT2D eigenvalue weighted by Gasteiger charge is -2.03. The summed E-state index contributed by atoms with van der Waals surface area (Å²) in [6.45, 7) is 2.21. The van der Waals surface area contributed by atoms with Crippen LogP contribution in [0.2, 0.25) is 0 Å². The van der Waals surface area contributed by atoms with Gasteiger partial charge in [0.15, 0.2) is 0 Å². The largest absolute Gasteiger partial charge is 0.469 e. The number of carbonyl (C=O) groups excluding carboxylic acids is 2. The number of hydrogen-bond donors (Lipinski definition) is 1. The van der Waals surface area contributed by atoms with Crippen molar-refractivity contribution in [3.05, 3.63) is 33.8 Å². The van der Waals surface area contributed by atoms with Gasteiger partial charge in [0.1, 0.15) is 0 Å². The van der Waals surface area contributed by atoms with Crippen molar-refractivity contribution in [2.24, 2.45) is 5.73 Å². The fourth-order valence-corrected chi connectivity index (χ4v) is 1.69. The molecule has 5 nitrogen and oxygen atoms in total. The van der Waals surface area contributed by atoms with Crippen molar-refractivity contribution in [1.82, 2.24) is 0 Å². The first-order chi connectivity index (χ1) is 8.99. The molecule has 106 valence electrons. The van der Waals surface area contributed by atoms with Gasteiger partial charge in [-0.3, -0.25) is 4.79 Å². The van der Waals surface area contributed by atoms with Crippen LogP contribution >= 0.6 is 15.9 Å². The third kappa shape index (κ3) is 6.35. The first-order valence-corrected chi connectivity index (χ1v) is 6.43. The molecule has 0 fully saturated rings. The molecule has 0 aliphatic carbocycles. The molecule has 2 N–H and O–H groups in total. The average molecular weight is 332 g/mol. The predicted octanol–water partition coefficient (Wildman–Crippen LogP) is 2.26. The number of hydrogen-bond acceptors (Lipinski definition) is 5. The number of nitrogens with two attached hydrogens (primary N) is 1. The van der Waals surface area contributed by atoms with E-state index >= 15 is 0 Å². The van der Waals surface area contributed by atoms with Crippen LogP contribution in [0.1, 0.15) is 29.3 Å². The summed E-state index contributed by atoms with van der Waals surface area (Å²) >= 11 is 3.27. The lowest BCUT2D eigenvalue weighted by molar-refractivity contribution is -0.140. The monoisotopic (exact) mass is 331 g/mol. The predicted molar refractivity (Wildman–Crippen MR) is 75.7 cm³/mol. The molecule has 0 amide bonds. The van der Waals surface area contributed by atoms with Crippen molar-refractivity contribution in [1.29, 1.82) is 0 Å². The van der Waals surface area contributed by atoms with Crippen LogP contribution < -0.4 is 5.73 Å².